The van der Waals surface area contributed by atoms with E-state index < -0.39 is 3.79 Å². The summed E-state index contributed by atoms with van der Waals surface area (Å²) in [5.41, 5.74) is 6.62. The molecule has 11 heteroatoms. The third-order valence-electron chi connectivity index (χ3n) is 2.71. The van der Waals surface area contributed by atoms with Gasteiger partial charge in [-0.1, -0.05) is 58.0 Å². The van der Waals surface area contributed by atoms with Crippen molar-refractivity contribution in [2.24, 2.45) is 10.7 Å². The van der Waals surface area contributed by atoms with Gasteiger partial charge in [0.15, 0.2) is 11.7 Å². The first-order chi connectivity index (χ1) is 11.2. The number of amidine groups is 1. The first kappa shape index (κ1) is 19.1. The largest absolute Gasteiger partial charge is 0.384 e. The molecule has 1 aromatic heterocycles. The monoisotopic (exact) mass is 426 g/mol. The number of hydrogen-bond acceptors (Lipinski definition) is 5. The van der Waals surface area contributed by atoms with E-state index in [0.29, 0.717) is 33.2 Å². The lowest BCUT2D eigenvalue weighted by molar-refractivity contribution is 1.15. The molecular formula is C13H11Cl5N6. The van der Waals surface area contributed by atoms with Crippen molar-refractivity contribution >= 4 is 87.0 Å². The third-order valence-corrected chi connectivity index (χ3v) is 4.03. The summed E-state index contributed by atoms with van der Waals surface area (Å²) < 4.78 is -1.82. The highest BCUT2D eigenvalue weighted by atomic mass is 35.6. The van der Waals surface area contributed by atoms with E-state index in [1.807, 2.05) is 0 Å². The fraction of sp³-hybridized carbons (Fsp3) is 0.154. The number of hydrogen-bond donors (Lipinski definition) is 3. The third kappa shape index (κ3) is 4.91. The molecule has 1 aromatic carbocycles. The van der Waals surface area contributed by atoms with Crippen molar-refractivity contribution in [1.82, 2.24) is 9.97 Å². The number of nitrogens with two attached hydrogens (primary N) is 1. The summed E-state index contributed by atoms with van der Waals surface area (Å²) in [7, 11) is 1.66. The minimum absolute atomic E-state index is 0.196. The topological polar surface area (TPSA) is 88.2 Å². The molecule has 0 saturated heterocycles. The molecule has 6 nitrogen and oxygen atoms in total. The molecule has 0 radical (unpaired) electrons. The lowest BCUT2D eigenvalue weighted by Crippen LogP contribution is -2.27. The van der Waals surface area contributed by atoms with Crippen LogP contribution >= 0.6 is 58.0 Å². The predicted octanol–water partition coefficient (Wildman–Crippen LogP) is 4.93. The molecule has 0 aliphatic carbocycles. The standard InChI is InChI=1S/C13H11Cl5N6/c1-20-10-9(23-11(19)13(16,17)18)5-21-12(24-10)22-6-2-3-7(14)8(15)4-6/h2-5H,1H3,(H2,19,23)(H2,20,21,22,24). The first-order valence-corrected chi connectivity index (χ1v) is 8.28. The molecule has 2 rings (SSSR count). The van der Waals surface area contributed by atoms with Crippen molar-refractivity contribution in [2.45, 2.75) is 3.79 Å². The molecule has 0 fully saturated rings. The van der Waals surface area contributed by atoms with Crippen molar-refractivity contribution < 1.29 is 0 Å². The number of nitrogens with zero attached hydrogens (tertiary/aromatic N) is 3. The van der Waals surface area contributed by atoms with Crippen molar-refractivity contribution in [3.05, 3.63) is 34.4 Å². The van der Waals surface area contributed by atoms with E-state index in [1.165, 1.54) is 6.20 Å². The van der Waals surface area contributed by atoms with E-state index in [4.69, 9.17) is 63.7 Å². The lowest BCUT2D eigenvalue weighted by atomic mass is 10.3. The maximum absolute atomic E-state index is 5.97. The van der Waals surface area contributed by atoms with Gasteiger partial charge in [0.2, 0.25) is 9.74 Å². The Labute approximate surface area is 163 Å². The van der Waals surface area contributed by atoms with E-state index >= 15 is 0 Å². The zero-order valence-electron chi connectivity index (χ0n) is 12.1. The molecule has 2 aromatic rings. The SMILES string of the molecule is CNc1nc(Nc2ccc(Cl)c(Cl)c2)ncc1N=C(N)C(Cl)(Cl)Cl. The van der Waals surface area contributed by atoms with Gasteiger partial charge in [0.25, 0.3) is 0 Å². The lowest BCUT2D eigenvalue weighted by Gasteiger charge is -2.12. The summed E-state index contributed by atoms with van der Waals surface area (Å²) in [5, 5.41) is 6.72. The van der Waals surface area contributed by atoms with Crippen LogP contribution in [0.3, 0.4) is 0 Å². The van der Waals surface area contributed by atoms with Gasteiger partial charge >= 0.3 is 0 Å². The quantitative estimate of drug-likeness (QED) is 0.365. The number of aliphatic imine (C=N–C) groups is 1. The second-order valence-corrected chi connectivity index (χ2v) is 7.52. The average Bonchev–Trinajstić information content (AvgIpc) is 2.51. The average molecular weight is 429 g/mol. The number of anilines is 3. The van der Waals surface area contributed by atoms with Crippen LogP contribution in [0.5, 0.6) is 0 Å². The number of nitrogens with one attached hydrogen (secondary N) is 2. The Hall–Kier alpha value is -1.18. The van der Waals surface area contributed by atoms with Crippen molar-refractivity contribution in [3.8, 4) is 0 Å². The number of benzene rings is 1. The molecule has 0 amide bonds. The van der Waals surface area contributed by atoms with Gasteiger partial charge in [-0.2, -0.15) is 4.98 Å². The molecule has 0 aliphatic rings. The fourth-order valence-corrected chi connectivity index (χ4v) is 2.02. The minimum Gasteiger partial charge on any atom is -0.384 e. The minimum atomic E-state index is -1.82. The highest BCUT2D eigenvalue weighted by molar-refractivity contribution is 6.76. The maximum Gasteiger partial charge on any atom is 0.247 e. The van der Waals surface area contributed by atoms with E-state index in [2.05, 4.69) is 25.6 Å². The normalized spacial score (nSPS) is 12.2. The Balaban J connectivity index is 2.30. The summed E-state index contributed by atoms with van der Waals surface area (Å²) in [6.07, 6.45) is 1.43. The summed E-state index contributed by atoms with van der Waals surface area (Å²) >= 11 is 28.9. The smallest absolute Gasteiger partial charge is 0.247 e. The number of halogens is 5. The van der Waals surface area contributed by atoms with Gasteiger partial charge in [0.05, 0.1) is 16.2 Å². The van der Waals surface area contributed by atoms with E-state index in [0.717, 1.165) is 0 Å². The Morgan fingerprint density at radius 3 is 2.50 bits per heavy atom. The highest BCUT2D eigenvalue weighted by Gasteiger charge is 2.25. The van der Waals surface area contributed by atoms with Crippen LogP contribution in [0.25, 0.3) is 0 Å². The molecule has 0 aliphatic heterocycles. The molecular weight excluding hydrogens is 417 g/mol. The van der Waals surface area contributed by atoms with Crippen LogP contribution in [-0.4, -0.2) is 26.6 Å². The molecule has 0 atom stereocenters. The molecule has 0 unspecified atom stereocenters. The number of rotatable bonds is 4. The van der Waals surface area contributed by atoms with Crippen LogP contribution in [0, 0.1) is 0 Å². The van der Waals surface area contributed by atoms with E-state index in [9.17, 15) is 0 Å². The van der Waals surface area contributed by atoms with Gasteiger partial charge < -0.3 is 16.4 Å². The molecule has 0 saturated carbocycles. The molecule has 1 heterocycles. The van der Waals surface area contributed by atoms with Crippen LogP contribution in [0.4, 0.5) is 23.1 Å². The maximum atomic E-state index is 5.97. The fourth-order valence-electron chi connectivity index (χ4n) is 1.60. The predicted molar refractivity (Wildman–Crippen MR) is 103 cm³/mol. The molecule has 24 heavy (non-hydrogen) atoms. The number of aromatic nitrogens is 2. The Kier molecular flexibility index (Phi) is 6.22. The summed E-state index contributed by atoms with van der Waals surface area (Å²) in [4.78, 5) is 12.4. The Bertz CT molecular complexity index is 774. The summed E-state index contributed by atoms with van der Waals surface area (Å²) in [6.45, 7) is 0. The van der Waals surface area contributed by atoms with Crippen LogP contribution in [0.1, 0.15) is 0 Å². The Morgan fingerprint density at radius 2 is 1.92 bits per heavy atom. The summed E-state index contributed by atoms with van der Waals surface area (Å²) in [6, 6.07) is 5.05. The molecule has 0 spiro atoms. The molecule has 0 bridgehead atoms. The summed E-state index contributed by atoms with van der Waals surface area (Å²) in [5.74, 6) is 0.506. The second-order valence-electron chi connectivity index (χ2n) is 4.43. The van der Waals surface area contributed by atoms with Crippen LogP contribution < -0.4 is 16.4 Å². The number of alkyl halides is 3. The van der Waals surface area contributed by atoms with Gasteiger partial charge in [-0.05, 0) is 18.2 Å². The van der Waals surface area contributed by atoms with Crippen molar-refractivity contribution in [3.63, 3.8) is 0 Å². The molecule has 128 valence electrons. The van der Waals surface area contributed by atoms with E-state index in [1.54, 1.807) is 25.2 Å². The van der Waals surface area contributed by atoms with Gasteiger partial charge in [-0.15, -0.1) is 0 Å². The van der Waals surface area contributed by atoms with Crippen LogP contribution in [0.15, 0.2) is 29.4 Å². The zero-order valence-corrected chi connectivity index (χ0v) is 15.9. The highest BCUT2D eigenvalue weighted by Crippen LogP contribution is 2.31. The van der Waals surface area contributed by atoms with Crippen LogP contribution in [-0.2, 0) is 0 Å². The van der Waals surface area contributed by atoms with Gasteiger partial charge in [-0.25, -0.2) is 9.98 Å². The van der Waals surface area contributed by atoms with E-state index in [-0.39, 0.29) is 5.84 Å². The second kappa shape index (κ2) is 7.80. The van der Waals surface area contributed by atoms with Crippen molar-refractivity contribution in [1.29, 1.82) is 0 Å². The first-order valence-electron chi connectivity index (χ1n) is 6.39. The zero-order chi connectivity index (χ0) is 17.9. The Morgan fingerprint density at radius 1 is 1.21 bits per heavy atom. The van der Waals surface area contributed by atoms with Gasteiger partial charge in [-0.3, -0.25) is 0 Å². The van der Waals surface area contributed by atoms with Gasteiger partial charge in [0.1, 0.15) is 5.69 Å². The van der Waals surface area contributed by atoms with Crippen LogP contribution in [0.2, 0.25) is 10.0 Å². The van der Waals surface area contributed by atoms with Crippen molar-refractivity contribution in [2.75, 3.05) is 17.7 Å². The van der Waals surface area contributed by atoms with Gasteiger partial charge in [0, 0.05) is 12.7 Å². The molecule has 4 N–H and O–H groups in total.